The summed E-state index contributed by atoms with van der Waals surface area (Å²) in [7, 11) is 0. The molecule has 3 rings (SSSR count). The van der Waals surface area contributed by atoms with Gasteiger partial charge in [-0.25, -0.2) is 14.5 Å². The predicted octanol–water partition coefficient (Wildman–Crippen LogP) is 1.82. The lowest BCUT2D eigenvalue weighted by atomic mass is 10.3. The predicted molar refractivity (Wildman–Crippen MR) is 107 cm³/mol. The number of hydrogen-bond acceptors (Lipinski definition) is 6. The van der Waals surface area contributed by atoms with E-state index in [4.69, 9.17) is 0 Å². The molecule has 0 fully saturated rings. The molecule has 1 atom stereocenters. The number of carbonyl (C=O) groups is 2. The van der Waals surface area contributed by atoms with Gasteiger partial charge in [0.25, 0.3) is 5.56 Å². The number of amides is 3. The zero-order chi connectivity index (χ0) is 20.3. The molecular weight excluding hydrogens is 380 g/mol. The highest BCUT2D eigenvalue weighted by Crippen LogP contribution is 2.21. The van der Waals surface area contributed by atoms with Crippen LogP contribution in [0.1, 0.15) is 20.8 Å². The van der Waals surface area contributed by atoms with Crippen molar-refractivity contribution in [1.29, 1.82) is 0 Å². The van der Waals surface area contributed by atoms with Gasteiger partial charge in [-0.2, -0.15) is 5.10 Å². The van der Waals surface area contributed by atoms with Crippen LogP contribution in [-0.4, -0.2) is 43.0 Å². The van der Waals surface area contributed by atoms with Crippen LogP contribution in [0.2, 0.25) is 0 Å². The number of nitrogens with one attached hydrogen (secondary N) is 3. The number of urea groups is 1. The van der Waals surface area contributed by atoms with E-state index >= 15 is 0 Å². The maximum atomic E-state index is 12.4. The van der Waals surface area contributed by atoms with E-state index in [2.05, 4.69) is 25.7 Å². The van der Waals surface area contributed by atoms with E-state index in [9.17, 15) is 14.4 Å². The van der Waals surface area contributed by atoms with Crippen LogP contribution in [0.4, 0.5) is 4.79 Å². The second-order valence-corrected chi connectivity index (χ2v) is 7.71. The minimum atomic E-state index is -0.647. The average molecular weight is 400 g/mol. The second-order valence-electron chi connectivity index (χ2n) is 6.38. The third kappa shape index (κ3) is 4.39. The lowest BCUT2D eigenvalue weighted by Crippen LogP contribution is -2.45. The van der Waals surface area contributed by atoms with Crippen molar-refractivity contribution in [2.75, 3.05) is 0 Å². The quantitative estimate of drug-likeness (QED) is 0.444. The molecule has 28 heavy (non-hydrogen) atoms. The molecule has 3 N–H and O–H groups in total. The average Bonchev–Trinajstić information content (AvgIpc) is 3.06. The molecule has 1 aromatic carbocycles. The number of carbonyl (C=O) groups excluding carboxylic acids is 2. The number of fused-ring (bicyclic) bond motifs is 1. The SMILES string of the molecule is CC(C)NC(=O)NC(=O)[C@@H](C)Sc1nc2c(cnn2-c2ccccc2)c(=O)[nH]1. The summed E-state index contributed by atoms with van der Waals surface area (Å²) in [4.78, 5) is 43.3. The number of aromatic nitrogens is 4. The number of para-hydroxylation sites is 1. The van der Waals surface area contributed by atoms with Crippen molar-refractivity contribution in [2.45, 2.75) is 37.2 Å². The zero-order valence-corrected chi connectivity index (χ0v) is 16.4. The van der Waals surface area contributed by atoms with Gasteiger partial charge in [-0.15, -0.1) is 0 Å². The summed E-state index contributed by atoms with van der Waals surface area (Å²) in [5, 5.41) is 9.06. The molecule has 10 heteroatoms. The van der Waals surface area contributed by atoms with Gasteiger partial charge in [0.15, 0.2) is 10.8 Å². The monoisotopic (exact) mass is 400 g/mol. The molecule has 0 aliphatic rings. The third-order valence-electron chi connectivity index (χ3n) is 3.73. The molecule has 3 aromatic rings. The van der Waals surface area contributed by atoms with Gasteiger partial charge in [0.1, 0.15) is 5.39 Å². The molecule has 0 saturated heterocycles. The van der Waals surface area contributed by atoms with Crippen LogP contribution in [0, 0.1) is 0 Å². The van der Waals surface area contributed by atoms with Crippen LogP contribution in [0.3, 0.4) is 0 Å². The first kappa shape index (κ1) is 19.6. The number of benzene rings is 1. The second kappa shape index (κ2) is 8.26. The Morgan fingerprint density at radius 2 is 1.89 bits per heavy atom. The van der Waals surface area contributed by atoms with Crippen molar-refractivity contribution in [2.24, 2.45) is 0 Å². The van der Waals surface area contributed by atoms with E-state index in [1.807, 2.05) is 30.3 Å². The molecule has 146 valence electrons. The Bertz CT molecular complexity index is 1060. The fourth-order valence-corrected chi connectivity index (χ4v) is 3.24. The minimum Gasteiger partial charge on any atom is -0.336 e. The Morgan fingerprint density at radius 3 is 2.57 bits per heavy atom. The number of H-pyrrole nitrogens is 1. The molecular formula is C18H20N6O3S. The van der Waals surface area contributed by atoms with Gasteiger partial charge in [0, 0.05) is 6.04 Å². The first-order valence-electron chi connectivity index (χ1n) is 8.66. The van der Waals surface area contributed by atoms with Gasteiger partial charge in [-0.1, -0.05) is 30.0 Å². The number of aromatic amines is 1. The van der Waals surface area contributed by atoms with Crippen molar-refractivity contribution >= 4 is 34.7 Å². The smallest absolute Gasteiger partial charge is 0.321 e. The highest BCUT2D eigenvalue weighted by atomic mass is 32.2. The van der Waals surface area contributed by atoms with Gasteiger partial charge < -0.3 is 10.3 Å². The highest BCUT2D eigenvalue weighted by molar-refractivity contribution is 8.00. The lowest BCUT2D eigenvalue weighted by Gasteiger charge is -2.13. The molecule has 9 nitrogen and oxygen atoms in total. The summed E-state index contributed by atoms with van der Waals surface area (Å²) in [6.07, 6.45) is 1.45. The molecule has 0 bridgehead atoms. The molecule has 0 unspecified atom stereocenters. The normalized spacial score (nSPS) is 12.1. The standard InChI is InChI=1S/C18H20N6O3S/c1-10(2)20-17(27)22-15(25)11(3)28-18-21-14-13(16(26)23-18)9-19-24(14)12-7-5-4-6-8-12/h4-11H,1-3H3,(H,21,23,26)(H2,20,22,25,27)/t11-/m1/s1. The fourth-order valence-electron chi connectivity index (χ4n) is 2.45. The summed E-state index contributed by atoms with van der Waals surface area (Å²) in [6, 6.07) is 8.66. The summed E-state index contributed by atoms with van der Waals surface area (Å²) in [6.45, 7) is 5.21. The molecule has 0 aliphatic carbocycles. The zero-order valence-electron chi connectivity index (χ0n) is 15.6. The van der Waals surface area contributed by atoms with E-state index in [-0.39, 0.29) is 16.8 Å². The Hall–Kier alpha value is -3.14. The Balaban J connectivity index is 1.83. The molecule has 3 amide bonds. The van der Waals surface area contributed by atoms with Crippen molar-refractivity contribution in [3.05, 3.63) is 46.9 Å². The molecule has 0 radical (unpaired) electrons. The first-order valence-corrected chi connectivity index (χ1v) is 9.54. The molecule has 2 aromatic heterocycles. The fraction of sp³-hybridized carbons (Fsp3) is 0.278. The van der Waals surface area contributed by atoms with Crippen molar-refractivity contribution in [1.82, 2.24) is 30.4 Å². The minimum absolute atomic E-state index is 0.0885. The van der Waals surface area contributed by atoms with E-state index in [1.165, 1.54) is 6.20 Å². The topological polar surface area (TPSA) is 122 Å². The Kier molecular flexibility index (Phi) is 5.78. The molecule has 2 heterocycles. The summed E-state index contributed by atoms with van der Waals surface area (Å²) in [5.74, 6) is -0.484. The van der Waals surface area contributed by atoms with Crippen molar-refractivity contribution < 1.29 is 9.59 Å². The highest BCUT2D eigenvalue weighted by Gasteiger charge is 2.20. The van der Waals surface area contributed by atoms with Crippen LogP contribution < -0.4 is 16.2 Å². The number of nitrogens with zero attached hydrogens (tertiary/aromatic N) is 3. The van der Waals surface area contributed by atoms with Crippen LogP contribution >= 0.6 is 11.8 Å². The molecule has 0 aliphatic heterocycles. The van der Waals surface area contributed by atoms with Gasteiger partial charge in [-0.3, -0.25) is 14.9 Å². The third-order valence-corrected chi connectivity index (χ3v) is 4.72. The number of imide groups is 1. The van der Waals surface area contributed by atoms with Crippen LogP contribution in [0.15, 0.2) is 46.5 Å². The largest absolute Gasteiger partial charge is 0.336 e. The van der Waals surface area contributed by atoms with Gasteiger partial charge in [-0.05, 0) is 32.9 Å². The number of hydrogen-bond donors (Lipinski definition) is 3. The van der Waals surface area contributed by atoms with Gasteiger partial charge in [0.05, 0.1) is 17.1 Å². The first-order chi connectivity index (χ1) is 13.3. The van der Waals surface area contributed by atoms with Crippen LogP contribution in [0.5, 0.6) is 0 Å². The Labute approximate surface area is 164 Å². The molecule has 0 saturated carbocycles. The summed E-state index contributed by atoms with van der Waals surface area (Å²) in [5.41, 5.74) is 0.810. The summed E-state index contributed by atoms with van der Waals surface area (Å²) >= 11 is 1.05. The maximum absolute atomic E-state index is 12.4. The number of thioether (sulfide) groups is 1. The van der Waals surface area contributed by atoms with Crippen molar-refractivity contribution in [3.63, 3.8) is 0 Å². The van der Waals surface area contributed by atoms with E-state index in [0.29, 0.717) is 11.0 Å². The van der Waals surface area contributed by atoms with E-state index in [0.717, 1.165) is 17.4 Å². The van der Waals surface area contributed by atoms with E-state index < -0.39 is 17.2 Å². The number of rotatable bonds is 5. The summed E-state index contributed by atoms with van der Waals surface area (Å²) < 4.78 is 1.56. The van der Waals surface area contributed by atoms with Crippen LogP contribution in [0.25, 0.3) is 16.7 Å². The van der Waals surface area contributed by atoms with E-state index in [1.54, 1.807) is 25.5 Å². The maximum Gasteiger partial charge on any atom is 0.321 e. The van der Waals surface area contributed by atoms with Gasteiger partial charge >= 0.3 is 6.03 Å². The Morgan fingerprint density at radius 1 is 1.18 bits per heavy atom. The van der Waals surface area contributed by atoms with Crippen molar-refractivity contribution in [3.8, 4) is 5.69 Å². The van der Waals surface area contributed by atoms with Gasteiger partial charge in [0.2, 0.25) is 5.91 Å². The van der Waals surface area contributed by atoms with Crippen LogP contribution in [-0.2, 0) is 4.79 Å². The lowest BCUT2D eigenvalue weighted by molar-refractivity contribution is -0.119. The molecule has 0 spiro atoms.